The van der Waals surface area contributed by atoms with Crippen LogP contribution in [0.15, 0.2) is 29.3 Å². The number of aromatic nitrogens is 2. The van der Waals surface area contributed by atoms with Gasteiger partial charge in [-0.25, -0.2) is 9.38 Å². The zero-order valence-corrected chi connectivity index (χ0v) is 19.7. The molecule has 4 atom stereocenters. The van der Waals surface area contributed by atoms with Gasteiger partial charge in [0.15, 0.2) is 17.9 Å². The van der Waals surface area contributed by atoms with Crippen molar-refractivity contribution in [3.8, 4) is 5.88 Å². The zero-order chi connectivity index (χ0) is 24.7. The van der Waals surface area contributed by atoms with Crippen molar-refractivity contribution >= 4 is 11.7 Å². The Bertz CT molecular complexity index is 706. The zero-order valence-electron chi connectivity index (χ0n) is 19.7. The smallest absolute Gasteiger partial charge is 0.388 e. The summed E-state index contributed by atoms with van der Waals surface area (Å²) >= 11 is 0. The van der Waals surface area contributed by atoms with E-state index in [0.29, 0.717) is 12.8 Å². The van der Waals surface area contributed by atoms with Gasteiger partial charge in [-0.3, -0.25) is 4.98 Å². The van der Waals surface area contributed by atoms with Gasteiger partial charge in [0, 0.05) is 24.6 Å². The predicted octanol–water partition coefficient (Wildman–Crippen LogP) is 4.19. The Morgan fingerprint density at radius 3 is 2.44 bits per heavy atom. The van der Waals surface area contributed by atoms with Crippen molar-refractivity contribution in [2.75, 3.05) is 0 Å². The van der Waals surface area contributed by atoms with E-state index in [9.17, 15) is 13.2 Å². The number of nitrogens with zero attached hydrogens (tertiary/aromatic N) is 3. The maximum Gasteiger partial charge on any atom is 0.388 e. The van der Waals surface area contributed by atoms with Crippen LogP contribution in [0, 0.1) is 0 Å². The van der Waals surface area contributed by atoms with Crippen molar-refractivity contribution in [2.45, 2.75) is 91.8 Å². The molecule has 2 heterocycles. The number of halogens is 3. The van der Waals surface area contributed by atoms with Gasteiger partial charge in [-0.15, -0.1) is 0 Å². The molecule has 0 bridgehead atoms. The lowest BCUT2D eigenvalue weighted by molar-refractivity contribution is -0.0966. The quantitative estimate of drug-likeness (QED) is 0.301. The third-order valence-electron chi connectivity index (χ3n) is 4.27. The van der Waals surface area contributed by atoms with Crippen LogP contribution in [-0.4, -0.2) is 46.8 Å². The average Bonchev–Trinajstić information content (AvgIpc) is 2.77. The fourth-order valence-corrected chi connectivity index (χ4v) is 2.92. The number of nitrogens with two attached hydrogens (primary N) is 2. The Morgan fingerprint density at radius 2 is 1.88 bits per heavy atom. The molecule has 0 radical (unpaired) electrons. The molecule has 1 saturated heterocycles. The van der Waals surface area contributed by atoms with Crippen LogP contribution >= 0.6 is 0 Å². The molecule has 11 heteroatoms. The lowest BCUT2D eigenvalue weighted by atomic mass is 9.91. The predicted molar refractivity (Wildman–Crippen MR) is 121 cm³/mol. The van der Waals surface area contributed by atoms with Crippen molar-refractivity contribution in [3.63, 3.8) is 0 Å². The van der Waals surface area contributed by atoms with Crippen LogP contribution in [0.1, 0.15) is 60.8 Å². The van der Waals surface area contributed by atoms with Gasteiger partial charge >= 0.3 is 6.61 Å². The number of aliphatic imine (C=N–C) groups is 1. The normalized spacial score (nSPS) is 23.4. The molecule has 1 aliphatic heterocycles. The van der Waals surface area contributed by atoms with E-state index in [0.717, 1.165) is 12.5 Å². The monoisotopic (exact) mass is 462 g/mol. The molecule has 8 nitrogen and oxygen atoms in total. The first kappa shape index (κ1) is 29.4. The Labute approximate surface area is 188 Å². The summed E-state index contributed by atoms with van der Waals surface area (Å²) in [5.74, 6) is -0.664. The molecule has 5 N–H and O–H groups in total. The number of alkyl halides is 3. The standard InChI is InChI=1S/C17H25F3N6O2.2C2H6/c1-3-9-5-11(16(18)10(4-2)24-9)27-15-8-23-7-14(26-15)25-12(21)6-13(22)28-17(19)20;2*1-2/h6-11,16-17,24H,3-5,22H2,1-2H3,(H2,21,25,26);2*1-2H3/b13-6+;;/t9-,10-,11?,16?;;/m0../s1. The van der Waals surface area contributed by atoms with Crippen LogP contribution in [0.3, 0.4) is 0 Å². The summed E-state index contributed by atoms with van der Waals surface area (Å²) in [6, 6.07) is -0.147. The summed E-state index contributed by atoms with van der Waals surface area (Å²) < 4.78 is 48.5. The SMILES string of the molecule is CC.CC.CC[C@H]1CC(Oc2cncc(/N=C(N)\C=C(/N)OC(F)F)n2)C(F)[C@H](CC)N1. The number of hydrogen-bond acceptors (Lipinski definition) is 7. The number of amidine groups is 1. The highest BCUT2D eigenvalue weighted by Gasteiger charge is 2.38. The Kier molecular flexibility index (Phi) is 14.8. The van der Waals surface area contributed by atoms with Gasteiger partial charge in [0.05, 0.1) is 12.4 Å². The highest BCUT2D eigenvalue weighted by Crippen LogP contribution is 2.25. The summed E-state index contributed by atoms with van der Waals surface area (Å²) in [6.07, 6.45) is 3.67. The highest BCUT2D eigenvalue weighted by atomic mass is 19.3. The number of hydrogen-bond donors (Lipinski definition) is 3. The molecule has 0 aromatic carbocycles. The van der Waals surface area contributed by atoms with Gasteiger partial charge in [0.2, 0.25) is 5.88 Å². The van der Waals surface area contributed by atoms with Crippen molar-refractivity contribution in [1.29, 1.82) is 0 Å². The number of rotatable bonds is 8. The summed E-state index contributed by atoms with van der Waals surface area (Å²) in [4.78, 5) is 12.0. The van der Waals surface area contributed by atoms with E-state index < -0.39 is 24.8 Å². The number of nitrogens with one attached hydrogen (secondary N) is 1. The molecule has 1 aliphatic rings. The highest BCUT2D eigenvalue weighted by molar-refractivity contribution is 5.93. The molecule has 2 unspecified atom stereocenters. The second kappa shape index (κ2) is 16.1. The van der Waals surface area contributed by atoms with Gasteiger partial charge in [0.25, 0.3) is 0 Å². The van der Waals surface area contributed by atoms with Crippen LogP contribution < -0.4 is 21.5 Å². The molecule has 1 aromatic rings. The Morgan fingerprint density at radius 1 is 1.22 bits per heavy atom. The van der Waals surface area contributed by atoms with Crippen LogP contribution in [0.4, 0.5) is 19.0 Å². The Balaban J connectivity index is 0.00000227. The van der Waals surface area contributed by atoms with Crippen molar-refractivity contribution in [2.24, 2.45) is 16.5 Å². The molecule has 0 amide bonds. The Hall–Kier alpha value is -2.56. The third-order valence-corrected chi connectivity index (χ3v) is 4.27. The summed E-state index contributed by atoms with van der Waals surface area (Å²) in [5.41, 5.74) is 10.8. The van der Waals surface area contributed by atoms with E-state index in [1.165, 1.54) is 12.4 Å². The topological polar surface area (TPSA) is 121 Å². The number of piperidine rings is 1. The van der Waals surface area contributed by atoms with E-state index in [-0.39, 0.29) is 29.6 Å². The van der Waals surface area contributed by atoms with Gasteiger partial charge in [-0.1, -0.05) is 41.5 Å². The van der Waals surface area contributed by atoms with Crippen LogP contribution in [-0.2, 0) is 4.74 Å². The van der Waals surface area contributed by atoms with Gasteiger partial charge in [0.1, 0.15) is 11.9 Å². The first-order valence-electron chi connectivity index (χ1n) is 11.0. The third kappa shape index (κ3) is 10.2. The largest absolute Gasteiger partial charge is 0.470 e. The molecule has 184 valence electrons. The van der Waals surface area contributed by atoms with E-state index in [1.54, 1.807) is 0 Å². The first-order chi connectivity index (χ1) is 15.3. The van der Waals surface area contributed by atoms with Crippen LogP contribution in [0.5, 0.6) is 5.88 Å². The second-order valence-electron chi connectivity index (χ2n) is 6.30. The number of ether oxygens (including phenoxy) is 2. The lowest BCUT2D eigenvalue weighted by Gasteiger charge is -2.38. The van der Waals surface area contributed by atoms with Gasteiger partial charge < -0.3 is 26.3 Å². The summed E-state index contributed by atoms with van der Waals surface area (Å²) in [5, 5.41) is 3.27. The molecule has 32 heavy (non-hydrogen) atoms. The summed E-state index contributed by atoms with van der Waals surface area (Å²) in [7, 11) is 0. The van der Waals surface area contributed by atoms with Crippen LogP contribution in [0.25, 0.3) is 0 Å². The van der Waals surface area contributed by atoms with Crippen molar-refractivity contribution in [3.05, 3.63) is 24.4 Å². The molecule has 0 aliphatic carbocycles. The molecule has 1 aromatic heterocycles. The minimum absolute atomic E-state index is 0.0551. The minimum Gasteiger partial charge on any atom is -0.470 e. The molecule has 0 saturated carbocycles. The van der Waals surface area contributed by atoms with E-state index in [2.05, 4.69) is 25.0 Å². The summed E-state index contributed by atoms with van der Waals surface area (Å²) in [6.45, 7) is 8.86. The minimum atomic E-state index is -3.07. The average molecular weight is 463 g/mol. The van der Waals surface area contributed by atoms with Crippen LogP contribution in [0.2, 0.25) is 0 Å². The molecule has 1 fully saturated rings. The van der Waals surface area contributed by atoms with E-state index >= 15 is 0 Å². The molecule has 0 spiro atoms. The molecular formula is C21H37F3N6O2. The van der Waals surface area contributed by atoms with Crippen molar-refractivity contribution in [1.82, 2.24) is 15.3 Å². The molecule has 2 rings (SSSR count). The maximum absolute atomic E-state index is 14.7. The van der Waals surface area contributed by atoms with Gasteiger partial charge in [-0.05, 0) is 12.8 Å². The van der Waals surface area contributed by atoms with Crippen molar-refractivity contribution < 1.29 is 22.6 Å². The second-order valence-corrected chi connectivity index (χ2v) is 6.30. The fraction of sp³-hybridized carbons (Fsp3) is 0.667. The van der Waals surface area contributed by atoms with E-state index in [1.807, 2.05) is 41.5 Å². The molecular weight excluding hydrogens is 425 g/mol. The fourth-order valence-electron chi connectivity index (χ4n) is 2.92. The first-order valence-corrected chi connectivity index (χ1v) is 11.0. The lowest BCUT2D eigenvalue weighted by Crippen LogP contribution is -2.56. The van der Waals surface area contributed by atoms with Gasteiger partial charge in [-0.2, -0.15) is 13.8 Å². The maximum atomic E-state index is 14.7. The van der Waals surface area contributed by atoms with E-state index in [4.69, 9.17) is 16.2 Å².